The van der Waals surface area contributed by atoms with Crippen molar-refractivity contribution in [3.8, 4) is 5.75 Å². The van der Waals surface area contributed by atoms with Gasteiger partial charge in [-0.2, -0.15) is 4.79 Å². The molecule has 6 nitrogen and oxygen atoms in total. The van der Waals surface area contributed by atoms with Crippen molar-refractivity contribution in [3.63, 3.8) is 0 Å². The number of likely N-dealkylation sites (tertiary alicyclic amines) is 1. The molecule has 0 bridgehead atoms. The van der Waals surface area contributed by atoms with Crippen LogP contribution in [0.5, 0.6) is 5.75 Å². The number of quaternary nitrogens is 1. The van der Waals surface area contributed by atoms with Gasteiger partial charge in [0.1, 0.15) is 30.8 Å². The minimum Gasteiger partial charge on any atom is -0.489 e. The molecule has 0 saturated carbocycles. The molecule has 1 aliphatic rings. The van der Waals surface area contributed by atoms with E-state index < -0.39 is 28.6 Å². The number of carbonyl (C=O) groups is 2. The fraction of sp³-hybridized carbons (Fsp3) is 0.259. The zero-order chi connectivity index (χ0) is 24.1. The number of carbonyl (C=O) groups excluding carboxylic acids is 1. The van der Waals surface area contributed by atoms with Crippen molar-refractivity contribution in [2.45, 2.75) is 38.1 Å². The molecule has 3 aromatic carbocycles. The molecule has 0 radical (unpaired) electrons. The fourth-order valence-electron chi connectivity index (χ4n) is 4.87. The van der Waals surface area contributed by atoms with Crippen molar-refractivity contribution in [1.29, 1.82) is 0 Å². The van der Waals surface area contributed by atoms with Crippen LogP contribution in [0.3, 0.4) is 0 Å². The smallest absolute Gasteiger partial charge is 0.489 e. The number of benzene rings is 3. The van der Waals surface area contributed by atoms with Gasteiger partial charge in [0.2, 0.25) is 0 Å². The summed E-state index contributed by atoms with van der Waals surface area (Å²) in [4.78, 5) is 25.5. The van der Waals surface area contributed by atoms with Crippen molar-refractivity contribution < 1.29 is 33.0 Å². The third-order valence-electron chi connectivity index (χ3n) is 6.56. The van der Waals surface area contributed by atoms with E-state index in [0.717, 1.165) is 11.1 Å². The Balaban J connectivity index is 1.62. The lowest BCUT2D eigenvalue weighted by Gasteiger charge is -2.38. The Kier molecular flexibility index (Phi) is 6.93. The molecule has 0 aliphatic carbocycles. The summed E-state index contributed by atoms with van der Waals surface area (Å²) >= 11 is 0. The summed E-state index contributed by atoms with van der Waals surface area (Å²) < 4.78 is 24.1. The van der Waals surface area contributed by atoms with Crippen LogP contribution in [-0.2, 0) is 22.7 Å². The van der Waals surface area contributed by atoms with Crippen LogP contribution in [0.25, 0.3) is 0 Å². The average molecular weight is 465 g/mol. The molecule has 1 saturated heterocycles. The first kappa shape index (κ1) is 23.4. The number of rotatable bonds is 7. The molecular weight excluding hydrogens is 437 g/mol. The number of halogens is 1. The number of ether oxygens (including phenoxy) is 2. The third-order valence-corrected chi connectivity index (χ3v) is 6.56. The highest BCUT2D eigenvalue weighted by Gasteiger charge is 2.59. The first-order valence-corrected chi connectivity index (χ1v) is 11.1. The normalized spacial score (nSPS) is 21.7. The topological polar surface area (TPSA) is 72.8 Å². The van der Waals surface area contributed by atoms with E-state index in [-0.39, 0.29) is 19.0 Å². The van der Waals surface area contributed by atoms with Crippen LogP contribution in [0, 0.1) is 5.82 Å². The summed E-state index contributed by atoms with van der Waals surface area (Å²) in [6.45, 7) is 0.245. The third kappa shape index (κ3) is 4.52. The van der Waals surface area contributed by atoms with Crippen LogP contribution in [0.4, 0.5) is 9.18 Å². The minimum absolute atomic E-state index is 0.0863. The highest BCUT2D eigenvalue weighted by atomic mass is 19.1. The van der Waals surface area contributed by atoms with Crippen molar-refractivity contribution in [1.82, 2.24) is 0 Å². The Labute approximate surface area is 197 Å². The Morgan fingerprint density at radius 1 is 0.971 bits per heavy atom. The van der Waals surface area contributed by atoms with Gasteiger partial charge >= 0.3 is 12.1 Å². The zero-order valence-corrected chi connectivity index (χ0v) is 18.9. The van der Waals surface area contributed by atoms with Gasteiger partial charge in [0.15, 0.2) is 6.04 Å². The first-order chi connectivity index (χ1) is 16.5. The second kappa shape index (κ2) is 10.1. The van der Waals surface area contributed by atoms with E-state index in [1.54, 1.807) is 30.3 Å². The Morgan fingerprint density at radius 3 is 2.29 bits per heavy atom. The number of esters is 1. The quantitative estimate of drug-likeness (QED) is 0.371. The van der Waals surface area contributed by atoms with E-state index in [9.17, 15) is 19.1 Å². The molecule has 0 aromatic heterocycles. The number of hydrogen-bond donors (Lipinski definition) is 1. The molecule has 1 fully saturated rings. The van der Waals surface area contributed by atoms with Crippen LogP contribution in [0.1, 0.15) is 35.6 Å². The van der Waals surface area contributed by atoms with Gasteiger partial charge in [-0.1, -0.05) is 48.5 Å². The van der Waals surface area contributed by atoms with Gasteiger partial charge in [0.05, 0.1) is 7.11 Å². The SMILES string of the molecule is COC(=O)[C@@H]1CC[C@H](c2ccc(OCc3ccccc3F)cc2)[N+]1(Cc1ccccc1)C(=O)O. The van der Waals surface area contributed by atoms with Gasteiger partial charge in [-0.15, -0.1) is 0 Å². The molecular formula is C27H27FNO5+. The molecule has 0 spiro atoms. The molecule has 1 N–H and O–H groups in total. The van der Waals surface area contributed by atoms with E-state index in [2.05, 4.69) is 0 Å². The summed E-state index contributed by atoms with van der Waals surface area (Å²) in [6.07, 6.45) is -0.141. The second-order valence-electron chi connectivity index (χ2n) is 8.44. The van der Waals surface area contributed by atoms with E-state index >= 15 is 0 Å². The lowest BCUT2D eigenvalue weighted by Crippen LogP contribution is -2.58. The number of amides is 1. The van der Waals surface area contributed by atoms with Crippen LogP contribution in [0.15, 0.2) is 78.9 Å². The maximum Gasteiger partial charge on any atom is 0.515 e. The van der Waals surface area contributed by atoms with Gasteiger partial charge in [0.25, 0.3) is 0 Å². The molecule has 1 amide bonds. The van der Waals surface area contributed by atoms with Crippen LogP contribution < -0.4 is 4.74 Å². The molecule has 1 unspecified atom stereocenters. The Hall–Kier alpha value is -3.71. The monoisotopic (exact) mass is 464 g/mol. The molecule has 176 valence electrons. The predicted octanol–water partition coefficient (Wildman–Crippen LogP) is 5.48. The number of methoxy groups -OCH3 is 1. The maximum absolute atomic E-state index is 13.9. The van der Waals surface area contributed by atoms with Crippen molar-refractivity contribution in [3.05, 3.63) is 101 Å². The Morgan fingerprint density at radius 2 is 1.65 bits per heavy atom. The maximum atomic E-state index is 13.9. The second-order valence-corrected chi connectivity index (χ2v) is 8.44. The fourth-order valence-corrected chi connectivity index (χ4v) is 4.87. The number of hydrogen-bond acceptors (Lipinski definition) is 4. The number of nitrogens with zero attached hydrogens (tertiary/aromatic N) is 1. The largest absolute Gasteiger partial charge is 0.515 e. The lowest BCUT2D eigenvalue weighted by molar-refractivity contribution is -0.903. The highest BCUT2D eigenvalue weighted by Crippen LogP contribution is 2.46. The predicted molar refractivity (Wildman–Crippen MR) is 123 cm³/mol. The molecule has 4 rings (SSSR count). The van der Waals surface area contributed by atoms with E-state index in [0.29, 0.717) is 24.2 Å². The van der Waals surface area contributed by atoms with E-state index in [1.165, 1.54) is 13.2 Å². The summed E-state index contributed by atoms with van der Waals surface area (Å²) in [7, 11) is 1.29. The number of carboxylic acid groups (broad SMARTS) is 1. The summed E-state index contributed by atoms with van der Waals surface area (Å²) in [5.74, 6) is -0.306. The minimum atomic E-state index is -1.07. The summed E-state index contributed by atoms with van der Waals surface area (Å²) in [5.41, 5.74) is 2.08. The molecule has 7 heteroatoms. The van der Waals surface area contributed by atoms with Crippen molar-refractivity contribution >= 4 is 12.1 Å². The lowest BCUT2D eigenvalue weighted by atomic mass is 10.0. The average Bonchev–Trinajstić information content (AvgIpc) is 3.24. The standard InChI is InChI=1S/C27H26FNO5/c1-33-26(30)25-16-15-24(29(25,27(31)32)17-19-7-3-2-4-8-19)20-11-13-22(14-12-20)34-18-21-9-5-6-10-23(21)28/h2-14,24-25H,15-18H2,1H3/p+1/t24-,25+,29?/m1/s1. The van der Waals surface area contributed by atoms with Crippen molar-refractivity contribution in [2.24, 2.45) is 0 Å². The van der Waals surface area contributed by atoms with Gasteiger partial charge in [-0.3, -0.25) is 0 Å². The summed E-state index contributed by atoms with van der Waals surface area (Å²) in [5, 5.41) is 10.5. The summed E-state index contributed by atoms with van der Waals surface area (Å²) in [6, 6.07) is 21.6. The van der Waals surface area contributed by atoms with E-state index in [4.69, 9.17) is 9.47 Å². The van der Waals surface area contributed by atoms with E-state index in [1.807, 2.05) is 42.5 Å². The first-order valence-electron chi connectivity index (χ1n) is 11.1. The Bertz CT molecular complexity index is 1150. The van der Waals surface area contributed by atoms with Crippen LogP contribution >= 0.6 is 0 Å². The van der Waals surface area contributed by atoms with Gasteiger partial charge < -0.3 is 14.6 Å². The molecule has 3 atom stereocenters. The highest BCUT2D eigenvalue weighted by molar-refractivity contribution is 5.77. The van der Waals surface area contributed by atoms with Gasteiger partial charge in [-0.05, 0) is 30.3 Å². The molecule has 3 aromatic rings. The van der Waals surface area contributed by atoms with Gasteiger partial charge in [-0.25, -0.2) is 13.7 Å². The molecule has 1 aliphatic heterocycles. The van der Waals surface area contributed by atoms with Crippen molar-refractivity contribution in [2.75, 3.05) is 7.11 Å². The molecule has 1 heterocycles. The van der Waals surface area contributed by atoms with Crippen LogP contribution in [-0.4, -0.2) is 34.8 Å². The van der Waals surface area contributed by atoms with Crippen LogP contribution in [0.2, 0.25) is 0 Å². The molecule has 34 heavy (non-hydrogen) atoms. The zero-order valence-electron chi connectivity index (χ0n) is 18.9. The van der Waals surface area contributed by atoms with Gasteiger partial charge in [0, 0.05) is 29.5 Å².